The second-order valence-electron chi connectivity index (χ2n) is 7.15. The minimum absolute atomic E-state index is 0.0261. The number of anilines is 2. The summed E-state index contributed by atoms with van der Waals surface area (Å²) in [5, 5.41) is 14.3. The van der Waals surface area contributed by atoms with Crippen LogP contribution < -0.4 is 15.5 Å². The molecule has 0 spiro atoms. The van der Waals surface area contributed by atoms with Crippen molar-refractivity contribution in [1.29, 1.82) is 0 Å². The van der Waals surface area contributed by atoms with Gasteiger partial charge in [-0.1, -0.05) is 11.6 Å². The van der Waals surface area contributed by atoms with Crippen LogP contribution in [0.2, 0.25) is 4.34 Å². The third-order valence-corrected chi connectivity index (χ3v) is 6.04. The first kappa shape index (κ1) is 23.7. The molecule has 9 nitrogen and oxygen atoms in total. The standard InChI is InChI=1S/C21H22ClN3O6S/c1-12-10-13(2-4-15(12)25-8-9-31-11-18(25)26)23-20(29)14(3-7-19(27)28)24-21(30)16-5-6-17(22)32-16/h2,4-6,10,14H,3,7-9,11H2,1H3,(H,23,29)(H,24,30)(H,27,28). The Kier molecular flexibility index (Phi) is 7.84. The van der Waals surface area contributed by atoms with Crippen LogP contribution in [-0.2, 0) is 19.1 Å². The number of carbonyl (C=O) groups is 4. The quantitative estimate of drug-likeness (QED) is 0.534. The lowest BCUT2D eigenvalue weighted by molar-refractivity contribution is -0.137. The van der Waals surface area contributed by atoms with Gasteiger partial charge in [-0.3, -0.25) is 19.2 Å². The number of hydrogen-bond donors (Lipinski definition) is 3. The number of aryl methyl sites for hydroxylation is 1. The molecule has 3 amide bonds. The van der Waals surface area contributed by atoms with Gasteiger partial charge in [0.05, 0.1) is 15.8 Å². The van der Waals surface area contributed by atoms with Crippen molar-refractivity contribution in [2.45, 2.75) is 25.8 Å². The number of thiophene rings is 1. The van der Waals surface area contributed by atoms with Crippen molar-refractivity contribution < 1.29 is 29.0 Å². The summed E-state index contributed by atoms with van der Waals surface area (Å²) in [7, 11) is 0. The summed E-state index contributed by atoms with van der Waals surface area (Å²) in [5.41, 5.74) is 1.96. The van der Waals surface area contributed by atoms with Crippen molar-refractivity contribution in [3.05, 3.63) is 45.1 Å². The second kappa shape index (κ2) is 10.6. The van der Waals surface area contributed by atoms with Gasteiger partial charge in [0, 0.05) is 24.3 Å². The zero-order valence-electron chi connectivity index (χ0n) is 17.2. The number of morpholine rings is 1. The Bertz CT molecular complexity index is 1040. The van der Waals surface area contributed by atoms with Crippen LogP contribution in [0.1, 0.15) is 28.1 Å². The van der Waals surface area contributed by atoms with Crippen molar-refractivity contribution in [3.8, 4) is 0 Å². The fourth-order valence-corrected chi connectivity index (χ4v) is 4.19. The molecule has 1 atom stereocenters. The summed E-state index contributed by atoms with van der Waals surface area (Å²) in [6.07, 6.45) is -0.369. The largest absolute Gasteiger partial charge is 0.481 e. The molecule has 1 aliphatic heterocycles. The minimum atomic E-state index is -1.08. The number of benzene rings is 1. The minimum Gasteiger partial charge on any atom is -0.481 e. The maximum absolute atomic E-state index is 12.8. The molecular weight excluding hydrogens is 458 g/mol. The van der Waals surface area contributed by atoms with Gasteiger partial charge in [0.1, 0.15) is 12.6 Å². The number of nitrogens with one attached hydrogen (secondary N) is 2. The lowest BCUT2D eigenvalue weighted by atomic mass is 10.1. The van der Waals surface area contributed by atoms with Crippen molar-refractivity contribution in [2.75, 3.05) is 30.0 Å². The van der Waals surface area contributed by atoms with E-state index >= 15 is 0 Å². The maximum atomic E-state index is 12.8. The van der Waals surface area contributed by atoms with E-state index < -0.39 is 23.8 Å². The molecule has 0 aliphatic carbocycles. The molecule has 0 bridgehead atoms. The van der Waals surface area contributed by atoms with Gasteiger partial charge in [-0.05, 0) is 49.2 Å². The molecule has 32 heavy (non-hydrogen) atoms. The van der Waals surface area contributed by atoms with Crippen molar-refractivity contribution in [1.82, 2.24) is 5.32 Å². The summed E-state index contributed by atoms with van der Waals surface area (Å²) in [5.74, 6) is -2.27. The Morgan fingerprint density at radius 1 is 1.28 bits per heavy atom. The van der Waals surface area contributed by atoms with Crippen molar-refractivity contribution in [2.24, 2.45) is 0 Å². The molecule has 0 saturated carbocycles. The molecule has 3 rings (SSSR count). The van der Waals surface area contributed by atoms with Crippen molar-refractivity contribution >= 4 is 58.0 Å². The van der Waals surface area contributed by atoms with E-state index in [1.54, 1.807) is 29.2 Å². The summed E-state index contributed by atoms with van der Waals surface area (Å²) in [6.45, 7) is 2.74. The number of carboxylic acids is 1. The molecule has 11 heteroatoms. The Hall–Kier alpha value is -2.95. The van der Waals surface area contributed by atoms with Crippen LogP contribution in [0.15, 0.2) is 30.3 Å². The monoisotopic (exact) mass is 479 g/mol. The first-order chi connectivity index (χ1) is 15.2. The summed E-state index contributed by atoms with van der Waals surface area (Å²) >= 11 is 6.92. The summed E-state index contributed by atoms with van der Waals surface area (Å²) in [6, 6.07) is 7.14. The van der Waals surface area contributed by atoms with Crippen molar-refractivity contribution in [3.63, 3.8) is 0 Å². The van der Waals surface area contributed by atoms with Crippen LogP contribution in [0, 0.1) is 6.92 Å². The average molecular weight is 480 g/mol. The Morgan fingerprint density at radius 3 is 2.69 bits per heavy atom. The molecule has 0 radical (unpaired) electrons. The van der Waals surface area contributed by atoms with Gasteiger partial charge < -0.3 is 25.4 Å². The van der Waals surface area contributed by atoms with E-state index in [4.69, 9.17) is 21.4 Å². The topological polar surface area (TPSA) is 125 Å². The number of rotatable bonds is 8. The van der Waals surface area contributed by atoms with Gasteiger partial charge in [-0.2, -0.15) is 0 Å². The zero-order valence-corrected chi connectivity index (χ0v) is 18.8. The summed E-state index contributed by atoms with van der Waals surface area (Å²) < 4.78 is 5.58. The Balaban J connectivity index is 1.71. The molecule has 1 aromatic carbocycles. The molecular formula is C21H22ClN3O6S. The van der Waals surface area contributed by atoms with Gasteiger partial charge in [-0.15, -0.1) is 11.3 Å². The van der Waals surface area contributed by atoms with Crippen LogP contribution in [0.25, 0.3) is 0 Å². The lowest BCUT2D eigenvalue weighted by Gasteiger charge is -2.28. The average Bonchev–Trinajstić information content (AvgIpc) is 3.18. The van der Waals surface area contributed by atoms with Crippen LogP contribution >= 0.6 is 22.9 Å². The lowest BCUT2D eigenvalue weighted by Crippen LogP contribution is -2.44. The van der Waals surface area contributed by atoms with E-state index in [1.807, 2.05) is 6.92 Å². The Morgan fingerprint density at radius 2 is 2.06 bits per heavy atom. The van der Waals surface area contributed by atoms with E-state index in [0.29, 0.717) is 28.1 Å². The highest BCUT2D eigenvalue weighted by Gasteiger charge is 2.25. The number of carbonyl (C=O) groups excluding carboxylic acids is 3. The van der Waals surface area contributed by atoms with E-state index in [0.717, 1.165) is 22.6 Å². The number of nitrogens with zero attached hydrogens (tertiary/aromatic N) is 1. The number of ether oxygens (including phenoxy) is 1. The van der Waals surface area contributed by atoms with E-state index in [2.05, 4.69) is 10.6 Å². The first-order valence-corrected chi connectivity index (χ1v) is 11.0. The highest BCUT2D eigenvalue weighted by atomic mass is 35.5. The van der Waals surface area contributed by atoms with E-state index in [1.165, 1.54) is 6.07 Å². The molecule has 1 fully saturated rings. The first-order valence-electron chi connectivity index (χ1n) is 9.82. The van der Waals surface area contributed by atoms with E-state index in [-0.39, 0.29) is 25.4 Å². The fourth-order valence-electron chi connectivity index (χ4n) is 3.24. The van der Waals surface area contributed by atoms with Crippen LogP contribution in [0.4, 0.5) is 11.4 Å². The maximum Gasteiger partial charge on any atom is 0.303 e. The fraction of sp³-hybridized carbons (Fsp3) is 0.333. The van der Waals surface area contributed by atoms with E-state index in [9.17, 15) is 19.2 Å². The second-order valence-corrected chi connectivity index (χ2v) is 8.87. The zero-order chi connectivity index (χ0) is 23.3. The third kappa shape index (κ3) is 6.06. The van der Waals surface area contributed by atoms with Crippen LogP contribution in [0.5, 0.6) is 0 Å². The number of halogens is 1. The number of carboxylic acid groups (broad SMARTS) is 1. The molecule has 1 aliphatic rings. The van der Waals surface area contributed by atoms with Gasteiger partial charge in [0.25, 0.3) is 11.8 Å². The van der Waals surface area contributed by atoms with Gasteiger partial charge in [0.15, 0.2) is 0 Å². The van der Waals surface area contributed by atoms with Gasteiger partial charge >= 0.3 is 5.97 Å². The summed E-state index contributed by atoms with van der Waals surface area (Å²) in [4.78, 5) is 50.3. The number of amides is 3. The molecule has 1 unspecified atom stereocenters. The highest BCUT2D eigenvalue weighted by Crippen LogP contribution is 2.25. The predicted octanol–water partition coefficient (Wildman–Crippen LogP) is 2.68. The molecule has 170 valence electrons. The normalized spacial score (nSPS) is 14.7. The van der Waals surface area contributed by atoms with Gasteiger partial charge in [0.2, 0.25) is 5.91 Å². The van der Waals surface area contributed by atoms with Crippen LogP contribution in [0.3, 0.4) is 0 Å². The number of aliphatic carboxylic acids is 1. The molecule has 1 saturated heterocycles. The molecule has 1 aromatic heterocycles. The molecule has 2 heterocycles. The third-order valence-electron chi connectivity index (χ3n) is 4.81. The molecule has 2 aromatic rings. The van der Waals surface area contributed by atoms with Gasteiger partial charge in [-0.25, -0.2) is 0 Å². The predicted molar refractivity (Wildman–Crippen MR) is 120 cm³/mol. The number of hydrogen-bond acceptors (Lipinski definition) is 6. The SMILES string of the molecule is Cc1cc(NC(=O)C(CCC(=O)O)NC(=O)c2ccc(Cl)s2)ccc1N1CCOCC1=O. The Labute approximate surface area is 193 Å². The smallest absolute Gasteiger partial charge is 0.303 e. The van der Waals surface area contributed by atoms with Crippen LogP contribution in [-0.4, -0.2) is 54.6 Å². The molecule has 3 N–H and O–H groups in total. The highest BCUT2D eigenvalue weighted by molar-refractivity contribution is 7.18.